The third-order valence-corrected chi connectivity index (χ3v) is 3.74. The highest BCUT2D eigenvalue weighted by atomic mass is 32.2. The zero-order valence-electron chi connectivity index (χ0n) is 8.90. The fourth-order valence-corrected chi connectivity index (χ4v) is 2.67. The summed E-state index contributed by atoms with van der Waals surface area (Å²) < 4.78 is 5.56. The third kappa shape index (κ3) is 2.63. The minimum Gasteiger partial charge on any atom is -0.396 e. The molecule has 1 atom stereocenters. The third-order valence-electron chi connectivity index (χ3n) is 2.60. The van der Waals surface area contributed by atoms with Crippen LogP contribution in [-0.2, 0) is 4.74 Å². The summed E-state index contributed by atoms with van der Waals surface area (Å²) in [6, 6.07) is 1.94. The number of rotatable bonds is 3. The molecule has 4 heteroatoms. The van der Waals surface area contributed by atoms with Crippen LogP contribution in [-0.4, -0.2) is 23.4 Å². The van der Waals surface area contributed by atoms with E-state index in [-0.39, 0.29) is 0 Å². The van der Waals surface area contributed by atoms with Crippen molar-refractivity contribution < 1.29 is 4.74 Å². The molecule has 82 valence electrons. The average molecular weight is 224 g/mol. The molecule has 0 amide bonds. The molecule has 0 bridgehead atoms. The Labute approximate surface area is 94.4 Å². The zero-order chi connectivity index (χ0) is 10.7. The molecule has 1 saturated heterocycles. The van der Waals surface area contributed by atoms with Crippen molar-refractivity contribution in [2.45, 2.75) is 30.9 Å². The first-order valence-corrected chi connectivity index (χ1v) is 6.21. The van der Waals surface area contributed by atoms with Gasteiger partial charge in [0.1, 0.15) is 5.03 Å². The molecule has 1 fully saturated rings. The van der Waals surface area contributed by atoms with Crippen molar-refractivity contribution in [1.29, 1.82) is 0 Å². The van der Waals surface area contributed by atoms with Crippen LogP contribution in [0.2, 0.25) is 0 Å². The van der Waals surface area contributed by atoms with Gasteiger partial charge < -0.3 is 10.5 Å². The molecule has 2 rings (SSSR count). The number of hydrogen-bond donors (Lipinski definition) is 1. The fourth-order valence-electron chi connectivity index (χ4n) is 1.61. The van der Waals surface area contributed by atoms with Crippen LogP contribution in [0.25, 0.3) is 0 Å². The minimum absolute atomic E-state index is 0.386. The second-order valence-corrected chi connectivity index (χ2v) is 4.80. The van der Waals surface area contributed by atoms with Gasteiger partial charge in [0.2, 0.25) is 0 Å². The highest BCUT2D eigenvalue weighted by Crippen LogP contribution is 2.27. The summed E-state index contributed by atoms with van der Waals surface area (Å²) in [4.78, 5) is 4.28. The summed E-state index contributed by atoms with van der Waals surface area (Å²) in [5.41, 5.74) is 7.85. The monoisotopic (exact) mass is 224 g/mol. The number of thioether (sulfide) groups is 1. The molecular formula is C11H16N2OS. The summed E-state index contributed by atoms with van der Waals surface area (Å²) in [5, 5.41) is 0.936. The molecule has 15 heavy (non-hydrogen) atoms. The van der Waals surface area contributed by atoms with E-state index in [9.17, 15) is 0 Å². The Morgan fingerprint density at radius 2 is 2.53 bits per heavy atom. The van der Waals surface area contributed by atoms with Crippen LogP contribution < -0.4 is 5.73 Å². The normalized spacial score (nSPS) is 20.7. The first kappa shape index (κ1) is 10.8. The van der Waals surface area contributed by atoms with Gasteiger partial charge in [-0.1, -0.05) is 0 Å². The number of nitrogens with zero attached hydrogens (tertiary/aromatic N) is 1. The van der Waals surface area contributed by atoms with Crippen LogP contribution in [0, 0.1) is 6.92 Å². The first-order valence-electron chi connectivity index (χ1n) is 5.23. The maximum atomic E-state index is 5.94. The maximum Gasteiger partial charge on any atom is 0.119 e. The van der Waals surface area contributed by atoms with Crippen LogP contribution in [0.15, 0.2) is 17.3 Å². The van der Waals surface area contributed by atoms with Gasteiger partial charge in [0.25, 0.3) is 0 Å². The number of pyridine rings is 1. The Bertz CT molecular complexity index is 337. The topological polar surface area (TPSA) is 48.1 Å². The Hall–Kier alpha value is -0.740. The van der Waals surface area contributed by atoms with Crippen molar-refractivity contribution >= 4 is 17.4 Å². The molecule has 0 radical (unpaired) electrons. The first-order chi connectivity index (χ1) is 7.27. The quantitative estimate of drug-likeness (QED) is 0.800. The van der Waals surface area contributed by atoms with E-state index >= 15 is 0 Å². The van der Waals surface area contributed by atoms with Gasteiger partial charge in [-0.3, -0.25) is 0 Å². The molecule has 1 aliphatic rings. The van der Waals surface area contributed by atoms with Gasteiger partial charge in [0.15, 0.2) is 0 Å². The summed E-state index contributed by atoms with van der Waals surface area (Å²) in [7, 11) is 0. The molecule has 2 N–H and O–H groups in total. The molecule has 2 heterocycles. The summed E-state index contributed by atoms with van der Waals surface area (Å²) in [5.74, 6) is 0.959. The molecule has 0 aliphatic carbocycles. The number of aromatic nitrogens is 1. The number of hydrogen-bond acceptors (Lipinski definition) is 4. The Balaban J connectivity index is 1.95. The highest BCUT2D eigenvalue weighted by molar-refractivity contribution is 7.99. The Kier molecular flexibility index (Phi) is 3.49. The zero-order valence-corrected chi connectivity index (χ0v) is 9.72. The highest BCUT2D eigenvalue weighted by Gasteiger charge is 2.16. The van der Waals surface area contributed by atoms with Crippen molar-refractivity contribution in [3.63, 3.8) is 0 Å². The molecular weight excluding hydrogens is 208 g/mol. The molecule has 1 unspecified atom stereocenters. The van der Waals surface area contributed by atoms with Gasteiger partial charge in [0.05, 0.1) is 11.8 Å². The lowest BCUT2D eigenvalue weighted by atomic mass is 10.3. The van der Waals surface area contributed by atoms with Gasteiger partial charge in [-0.25, -0.2) is 4.98 Å². The predicted octanol–water partition coefficient (Wildman–Crippen LogP) is 2.24. The van der Waals surface area contributed by atoms with Gasteiger partial charge in [-0.05, 0) is 31.4 Å². The van der Waals surface area contributed by atoms with Crippen molar-refractivity contribution in [3.8, 4) is 0 Å². The number of nitrogen functional groups attached to an aromatic ring is 1. The van der Waals surface area contributed by atoms with E-state index in [0.29, 0.717) is 6.10 Å². The predicted molar refractivity (Wildman–Crippen MR) is 63.1 cm³/mol. The average Bonchev–Trinajstić information content (AvgIpc) is 2.73. The van der Waals surface area contributed by atoms with E-state index in [1.165, 1.54) is 12.8 Å². The van der Waals surface area contributed by atoms with Crippen LogP contribution >= 0.6 is 11.8 Å². The van der Waals surface area contributed by atoms with E-state index in [1.54, 1.807) is 11.8 Å². The van der Waals surface area contributed by atoms with Crippen LogP contribution in [0.3, 0.4) is 0 Å². The van der Waals surface area contributed by atoms with Crippen LogP contribution in [0.5, 0.6) is 0 Å². The molecule has 1 aromatic heterocycles. The summed E-state index contributed by atoms with van der Waals surface area (Å²) >= 11 is 1.70. The van der Waals surface area contributed by atoms with Gasteiger partial charge in [0, 0.05) is 18.6 Å². The van der Waals surface area contributed by atoms with Crippen LogP contribution in [0.4, 0.5) is 5.69 Å². The largest absolute Gasteiger partial charge is 0.396 e. The molecule has 0 aromatic carbocycles. The molecule has 1 aliphatic heterocycles. The Morgan fingerprint density at radius 3 is 3.27 bits per heavy atom. The lowest BCUT2D eigenvalue weighted by molar-refractivity contribution is 0.129. The number of anilines is 1. The molecule has 0 saturated carbocycles. The van der Waals surface area contributed by atoms with E-state index in [2.05, 4.69) is 4.98 Å². The minimum atomic E-state index is 0.386. The number of nitrogens with two attached hydrogens (primary N) is 1. The standard InChI is InChI=1S/C11H16N2OS/c1-8-4-5-13-11(10(8)12)15-7-9-3-2-6-14-9/h4-5,9H,2-3,6-7,12H2,1H3. The van der Waals surface area contributed by atoms with Gasteiger partial charge in [-0.15, -0.1) is 11.8 Å². The van der Waals surface area contributed by atoms with Gasteiger partial charge >= 0.3 is 0 Å². The SMILES string of the molecule is Cc1ccnc(SCC2CCCO2)c1N. The molecule has 0 spiro atoms. The second-order valence-electron chi connectivity index (χ2n) is 3.79. The van der Waals surface area contributed by atoms with Crippen molar-refractivity contribution in [2.75, 3.05) is 18.1 Å². The van der Waals surface area contributed by atoms with E-state index in [4.69, 9.17) is 10.5 Å². The summed E-state index contributed by atoms with van der Waals surface area (Å²) in [6.07, 6.45) is 4.54. The lowest BCUT2D eigenvalue weighted by Crippen LogP contribution is -2.08. The smallest absolute Gasteiger partial charge is 0.119 e. The van der Waals surface area contributed by atoms with E-state index in [0.717, 1.165) is 28.6 Å². The lowest BCUT2D eigenvalue weighted by Gasteiger charge is -2.10. The Morgan fingerprint density at radius 1 is 1.67 bits per heavy atom. The van der Waals surface area contributed by atoms with Crippen LogP contribution in [0.1, 0.15) is 18.4 Å². The fraction of sp³-hybridized carbons (Fsp3) is 0.545. The van der Waals surface area contributed by atoms with Crippen molar-refractivity contribution in [2.24, 2.45) is 0 Å². The van der Waals surface area contributed by atoms with Crippen molar-refractivity contribution in [3.05, 3.63) is 17.8 Å². The molecule has 1 aromatic rings. The van der Waals surface area contributed by atoms with E-state index in [1.807, 2.05) is 19.2 Å². The van der Waals surface area contributed by atoms with Gasteiger partial charge in [-0.2, -0.15) is 0 Å². The molecule has 3 nitrogen and oxygen atoms in total. The number of aryl methyl sites for hydroxylation is 1. The number of ether oxygens (including phenoxy) is 1. The maximum absolute atomic E-state index is 5.94. The summed E-state index contributed by atoms with van der Waals surface area (Å²) in [6.45, 7) is 2.91. The second kappa shape index (κ2) is 4.86. The van der Waals surface area contributed by atoms with Crippen molar-refractivity contribution in [1.82, 2.24) is 4.98 Å². The van der Waals surface area contributed by atoms with E-state index < -0.39 is 0 Å².